The van der Waals surface area contributed by atoms with Gasteiger partial charge in [-0.3, -0.25) is 4.79 Å². The molecule has 1 aromatic rings. The van der Waals surface area contributed by atoms with E-state index in [1.165, 1.54) is 4.88 Å². The van der Waals surface area contributed by atoms with E-state index in [1.54, 1.807) is 11.3 Å². The van der Waals surface area contributed by atoms with E-state index in [0.717, 1.165) is 25.8 Å². The molecule has 0 spiro atoms. The van der Waals surface area contributed by atoms with Gasteiger partial charge in [-0.1, -0.05) is 19.4 Å². The van der Waals surface area contributed by atoms with Crippen molar-refractivity contribution in [3.8, 4) is 0 Å². The Hall–Kier alpha value is -0.830. The molecule has 1 fully saturated rings. The van der Waals surface area contributed by atoms with E-state index in [-0.39, 0.29) is 5.92 Å². The van der Waals surface area contributed by atoms with Crippen LogP contribution in [0.3, 0.4) is 0 Å². The molecule has 0 bridgehead atoms. The lowest BCUT2D eigenvalue weighted by Gasteiger charge is -2.16. The largest absolute Gasteiger partial charge is 0.346 e. The SMILES string of the molecule is CCCCN(C)C(=O)C1CC1c1cccs1. The summed E-state index contributed by atoms with van der Waals surface area (Å²) in [5, 5.41) is 2.09. The van der Waals surface area contributed by atoms with Crippen molar-refractivity contribution >= 4 is 17.2 Å². The minimum absolute atomic E-state index is 0.264. The maximum atomic E-state index is 12.0. The number of nitrogens with zero attached hydrogens (tertiary/aromatic N) is 1. The summed E-state index contributed by atoms with van der Waals surface area (Å²) >= 11 is 1.77. The lowest BCUT2D eigenvalue weighted by Crippen LogP contribution is -2.29. The Balaban J connectivity index is 1.84. The van der Waals surface area contributed by atoms with Crippen LogP contribution in [0.5, 0.6) is 0 Å². The van der Waals surface area contributed by atoms with Crippen molar-refractivity contribution < 1.29 is 4.79 Å². The zero-order valence-electron chi connectivity index (χ0n) is 9.98. The number of carbonyl (C=O) groups excluding carboxylic acids is 1. The van der Waals surface area contributed by atoms with E-state index < -0.39 is 0 Å². The average molecular weight is 237 g/mol. The lowest BCUT2D eigenvalue weighted by atomic mass is 10.2. The summed E-state index contributed by atoms with van der Waals surface area (Å²) in [6, 6.07) is 4.22. The van der Waals surface area contributed by atoms with Crippen LogP contribution >= 0.6 is 11.3 Å². The van der Waals surface area contributed by atoms with Gasteiger partial charge in [-0.25, -0.2) is 0 Å². The number of carbonyl (C=O) groups is 1. The summed E-state index contributed by atoms with van der Waals surface area (Å²) in [7, 11) is 1.93. The molecule has 1 amide bonds. The quantitative estimate of drug-likeness (QED) is 0.770. The summed E-state index contributed by atoms with van der Waals surface area (Å²) in [5.74, 6) is 1.11. The maximum absolute atomic E-state index is 12.0. The molecule has 1 aliphatic rings. The van der Waals surface area contributed by atoms with Gasteiger partial charge < -0.3 is 4.90 Å². The third-order valence-corrected chi connectivity index (χ3v) is 4.24. The van der Waals surface area contributed by atoms with Crippen LogP contribution in [-0.2, 0) is 4.79 Å². The Kier molecular flexibility index (Phi) is 3.64. The molecule has 1 aromatic heterocycles. The first-order valence-electron chi connectivity index (χ1n) is 6.02. The molecule has 1 saturated carbocycles. The van der Waals surface area contributed by atoms with Gasteiger partial charge in [0.2, 0.25) is 5.91 Å². The molecule has 1 aliphatic carbocycles. The second-order valence-corrected chi connectivity index (χ2v) is 5.56. The van der Waals surface area contributed by atoms with Gasteiger partial charge in [-0.2, -0.15) is 0 Å². The molecule has 0 aromatic carbocycles. The van der Waals surface area contributed by atoms with Crippen LogP contribution in [0.25, 0.3) is 0 Å². The fraction of sp³-hybridized carbons (Fsp3) is 0.615. The van der Waals surface area contributed by atoms with Crippen LogP contribution in [0.4, 0.5) is 0 Å². The van der Waals surface area contributed by atoms with Crippen LogP contribution in [0, 0.1) is 5.92 Å². The predicted molar refractivity (Wildman–Crippen MR) is 67.7 cm³/mol. The van der Waals surface area contributed by atoms with Gasteiger partial charge in [0.1, 0.15) is 0 Å². The van der Waals surface area contributed by atoms with Crippen molar-refractivity contribution in [3.05, 3.63) is 22.4 Å². The second-order valence-electron chi connectivity index (χ2n) is 4.58. The van der Waals surface area contributed by atoms with Crippen molar-refractivity contribution in [2.24, 2.45) is 5.92 Å². The molecule has 88 valence electrons. The highest BCUT2D eigenvalue weighted by molar-refractivity contribution is 7.10. The third kappa shape index (κ3) is 2.46. The van der Waals surface area contributed by atoms with E-state index in [1.807, 2.05) is 11.9 Å². The molecule has 1 heterocycles. The van der Waals surface area contributed by atoms with Gasteiger partial charge in [-0.15, -0.1) is 11.3 Å². The number of thiophene rings is 1. The fourth-order valence-electron chi connectivity index (χ4n) is 2.07. The van der Waals surface area contributed by atoms with Crippen LogP contribution in [0.15, 0.2) is 17.5 Å². The van der Waals surface area contributed by atoms with Gasteiger partial charge in [-0.05, 0) is 24.3 Å². The Labute approximate surface area is 101 Å². The Morgan fingerprint density at radius 2 is 2.44 bits per heavy atom. The van der Waals surface area contributed by atoms with E-state index in [0.29, 0.717) is 11.8 Å². The summed E-state index contributed by atoms with van der Waals surface area (Å²) in [4.78, 5) is 15.3. The molecule has 2 nitrogen and oxygen atoms in total. The zero-order chi connectivity index (χ0) is 11.5. The Bertz CT molecular complexity index is 347. The topological polar surface area (TPSA) is 20.3 Å². The molecule has 16 heavy (non-hydrogen) atoms. The van der Waals surface area contributed by atoms with E-state index >= 15 is 0 Å². The van der Waals surface area contributed by atoms with E-state index in [9.17, 15) is 4.79 Å². The molecule has 0 N–H and O–H groups in total. The molecule has 2 atom stereocenters. The van der Waals surface area contributed by atoms with Gasteiger partial charge in [0.05, 0.1) is 0 Å². The van der Waals surface area contributed by atoms with Crippen LogP contribution in [0.2, 0.25) is 0 Å². The van der Waals surface area contributed by atoms with Gasteiger partial charge >= 0.3 is 0 Å². The maximum Gasteiger partial charge on any atom is 0.226 e. The minimum atomic E-state index is 0.264. The molecule has 0 radical (unpaired) electrons. The highest BCUT2D eigenvalue weighted by Gasteiger charge is 2.45. The Morgan fingerprint density at radius 1 is 1.62 bits per heavy atom. The summed E-state index contributed by atoms with van der Waals surface area (Å²) in [5.41, 5.74) is 0. The average Bonchev–Trinajstić information content (AvgIpc) is 2.91. The van der Waals surface area contributed by atoms with Crippen molar-refractivity contribution in [2.45, 2.75) is 32.1 Å². The molecular formula is C13H19NOS. The number of amides is 1. The molecule has 0 aliphatic heterocycles. The van der Waals surface area contributed by atoms with Gasteiger partial charge in [0.15, 0.2) is 0 Å². The first-order chi connectivity index (χ1) is 7.74. The van der Waals surface area contributed by atoms with Crippen molar-refractivity contribution in [2.75, 3.05) is 13.6 Å². The van der Waals surface area contributed by atoms with E-state index in [4.69, 9.17) is 0 Å². The number of unbranched alkanes of at least 4 members (excludes halogenated alkanes) is 1. The highest BCUT2D eigenvalue weighted by Crippen LogP contribution is 2.49. The van der Waals surface area contributed by atoms with Crippen molar-refractivity contribution in [1.82, 2.24) is 4.90 Å². The normalized spacial score (nSPS) is 23.1. The first-order valence-corrected chi connectivity index (χ1v) is 6.90. The van der Waals surface area contributed by atoms with Crippen molar-refractivity contribution in [1.29, 1.82) is 0 Å². The standard InChI is InChI=1S/C13H19NOS/c1-3-4-7-14(2)13(15)11-9-10(11)12-6-5-8-16-12/h5-6,8,10-11H,3-4,7,9H2,1-2H3. The van der Waals surface area contributed by atoms with Crippen LogP contribution in [0.1, 0.15) is 37.0 Å². The van der Waals surface area contributed by atoms with Crippen LogP contribution in [-0.4, -0.2) is 24.4 Å². The minimum Gasteiger partial charge on any atom is -0.346 e. The van der Waals surface area contributed by atoms with Crippen LogP contribution < -0.4 is 0 Å². The smallest absolute Gasteiger partial charge is 0.226 e. The second kappa shape index (κ2) is 5.00. The Morgan fingerprint density at radius 3 is 3.06 bits per heavy atom. The number of hydrogen-bond acceptors (Lipinski definition) is 2. The molecular weight excluding hydrogens is 218 g/mol. The van der Waals surface area contributed by atoms with E-state index in [2.05, 4.69) is 24.4 Å². The first kappa shape index (κ1) is 11.6. The number of rotatable bonds is 5. The predicted octanol–water partition coefficient (Wildman–Crippen LogP) is 3.11. The third-order valence-electron chi connectivity index (χ3n) is 3.24. The molecule has 0 saturated heterocycles. The fourth-order valence-corrected chi connectivity index (χ4v) is 2.98. The van der Waals surface area contributed by atoms with Crippen molar-refractivity contribution in [3.63, 3.8) is 0 Å². The zero-order valence-corrected chi connectivity index (χ0v) is 10.8. The highest BCUT2D eigenvalue weighted by atomic mass is 32.1. The number of hydrogen-bond donors (Lipinski definition) is 0. The molecule has 3 heteroatoms. The molecule has 2 rings (SSSR count). The van der Waals surface area contributed by atoms with Gasteiger partial charge in [0, 0.05) is 30.3 Å². The molecule has 2 unspecified atom stereocenters. The van der Waals surface area contributed by atoms with Gasteiger partial charge in [0.25, 0.3) is 0 Å². The lowest BCUT2D eigenvalue weighted by molar-refractivity contribution is -0.131. The summed E-state index contributed by atoms with van der Waals surface area (Å²) in [6.45, 7) is 3.06. The summed E-state index contributed by atoms with van der Waals surface area (Å²) in [6.07, 6.45) is 3.31. The monoisotopic (exact) mass is 237 g/mol. The summed E-state index contributed by atoms with van der Waals surface area (Å²) < 4.78 is 0.